The van der Waals surface area contributed by atoms with Crippen LogP contribution in [0.5, 0.6) is 0 Å². The Balaban J connectivity index is 2.79. The van der Waals surface area contributed by atoms with Gasteiger partial charge in [0.05, 0.1) is 7.11 Å². The first-order valence-corrected chi connectivity index (χ1v) is 3.18. The molecular weight excluding hydrogens is 158 g/mol. The molecule has 0 spiro atoms. The third-order valence-electron chi connectivity index (χ3n) is 1.17. The van der Waals surface area contributed by atoms with Crippen LogP contribution in [0, 0.1) is 11.8 Å². The Morgan fingerprint density at radius 2 is 2.50 bits per heavy atom. The molecule has 0 radical (unpaired) electrons. The van der Waals surface area contributed by atoms with Crippen molar-refractivity contribution in [3.8, 4) is 11.8 Å². The van der Waals surface area contributed by atoms with Gasteiger partial charge < -0.3 is 9.30 Å². The van der Waals surface area contributed by atoms with E-state index in [1.807, 2.05) is 0 Å². The Bertz CT molecular complexity index is 345. The molecule has 5 nitrogen and oxygen atoms in total. The standard InChI is InChI=1S/C7H7N3O2/c1-10-5-8-9-6(10)3-4-7(11)12-2/h5H,1-2H3. The van der Waals surface area contributed by atoms with Gasteiger partial charge in [-0.25, -0.2) is 4.79 Å². The van der Waals surface area contributed by atoms with Gasteiger partial charge in [-0.05, 0) is 5.92 Å². The fourth-order valence-corrected chi connectivity index (χ4v) is 0.554. The molecule has 0 saturated carbocycles. The number of esters is 1. The van der Waals surface area contributed by atoms with Crippen LogP contribution in [-0.2, 0) is 16.6 Å². The molecule has 62 valence electrons. The summed E-state index contributed by atoms with van der Waals surface area (Å²) in [6, 6.07) is 0. The Labute approximate surface area is 69.4 Å². The quantitative estimate of drug-likeness (QED) is 0.378. The van der Waals surface area contributed by atoms with Gasteiger partial charge in [0.1, 0.15) is 6.33 Å². The minimum absolute atomic E-state index is 0.431. The molecule has 0 fully saturated rings. The van der Waals surface area contributed by atoms with Crippen LogP contribution in [0.1, 0.15) is 5.82 Å². The van der Waals surface area contributed by atoms with E-state index in [0.29, 0.717) is 5.82 Å². The van der Waals surface area contributed by atoms with E-state index in [1.165, 1.54) is 13.4 Å². The predicted octanol–water partition coefficient (Wildman–Crippen LogP) is -0.660. The van der Waals surface area contributed by atoms with Crippen LogP contribution in [0.2, 0.25) is 0 Å². The minimum atomic E-state index is -0.585. The molecule has 0 bridgehead atoms. The number of methoxy groups -OCH3 is 1. The van der Waals surface area contributed by atoms with Gasteiger partial charge in [-0.15, -0.1) is 10.2 Å². The Kier molecular flexibility index (Phi) is 2.43. The number of carbonyl (C=O) groups is 1. The first-order chi connectivity index (χ1) is 5.74. The molecule has 0 saturated heterocycles. The van der Waals surface area contributed by atoms with Crippen molar-refractivity contribution >= 4 is 5.97 Å². The van der Waals surface area contributed by atoms with Crippen LogP contribution in [0.15, 0.2) is 6.33 Å². The zero-order chi connectivity index (χ0) is 8.97. The van der Waals surface area contributed by atoms with Gasteiger partial charge in [-0.2, -0.15) is 0 Å². The Hall–Kier alpha value is -1.83. The largest absolute Gasteiger partial charge is 0.459 e. The molecule has 1 aromatic heterocycles. The van der Waals surface area contributed by atoms with Crippen molar-refractivity contribution in [1.29, 1.82) is 0 Å². The first-order valence-electron chi connectivity index (χ1n) is 3.18. The van der Waals surface area contributed by atoms with E-state index in [-0.39, 0.29) is 0 Å². The summed E-state index contributed by atoms with van der Waals surface area (Å²) in [4.78, 5) is 10.6. The minimum Gasteiger partial charge on any atom is -0.459 e. The first kappa shape index (κ1) is 8.27. The van der Waals surface area contributed by atoms with E-state index in [0.717, 1.165) is 0 Å². The maximum Gasteiger partial charge on any atom is 0.384 e. The van der Waals surface area contributed by atoms with Gasteiger partial charge in [0.25, 0.3) is 0 Å². The van der Waals surface area contributed by atoms with E-state index < -0.39 is 5.97 Å². The maximum atomic E-state index is 10.6. The highest BCUT2D eigenvalue weighted by atomic mass is 16.5. The Morgan fingerprint density at radius 1 is 1.75 bits per heavy atom. The van der Waals surface area contributed by atoms with Crippen molar-refractivity contribution in [3.05, 3.63) is 12.2 Å². The molecule has 0 atom stereocenters. The molecule has 0 aliphatic rings. The lowest BCUT2D eigenvalue weighted by atomic mass is 10.5. The molecule has 12 heavy (non-hydrogen) atoms. The lowest BCUT2D eigenvalue weighted by molar-refractivity contribution is -0.133. The van der Waals surface area contributed by atoms with Gasteiger partial charge in [0.2, 0.25) is 5.82 Å². The number of carbonyl (C=O) groups excluding carboxylic acids is 1. The fourth-order valence-electron chi connectivity index (χ4n) is 0.554. The van der Waals surface area contributed by atoms with Gasteiger partial charge >= 0.3 is 5.97 Å². The number of ether oxygens (including phenoxy) is 1. The summed E-state index contributed by atoms with van der Waals surface area (Å²) >= 11 is 0. The van der Waals surface area contributed by atoms with E-state index in [1.54, 1.807) is 11.6 Å². The van der Waals surface area contributed by atoms with E-state index in [2.05, 4.69) is 26.8 Å². The van der Waals surface area contributed by atoms with Gasteiger partial charge in [0.15, 0.2) is 0 Å². The van der Waals surface area contributed by atoms with Gasteiger partial charge in [-0.1, -0.05) is 0 Å². The SMILES string of the molecule is COC(=O)C#Cc1nncn1C. The molecule has 0 aliphatic heterocycles. The average molecular weight is 165 g/mol. The second-order valence-corrected chi connectivity index (χ2v) is 2.01. The normalized spacial score (nSPS) is 8.50. The fraction of sp³-hybridized carbons (Fsp3) is 0.286. The second-order valence-electron chi connectivity index (χ2n) is 2.01. The highest BCUT2D eigenvalue weighted by molar-refractivity contribution is 5.88. The topological polar surface area (TPSA) is 57.0 Å². The average Bonchev–Trinajstić information content (AvgIpc) is 2.47. The smallest absolute Gasteiger partial charge is 0.384 e. The molecule has 0 amide bonds. The van der Waals surface area contributed by atoms with E-state index in [9.17, 15) is 4.79 Å². The molecule has 1 heterocycles. The van der Waals surface area contributed by atoms with Crippen LogP contribution in [0.25, 0.3) is 0 Å². The van der Waals surface area contributed by atoms with Gasteiger partial charge in [0, 0.05) is 13.0 Å². The molecule has 0 aromatic carbocycles. The lowest BCUT2D eigenvalue weighted by Gasteiger charge is -1.87. The second kappa shape index (κ2) is 3.53. The summed E-state index contributed by atoms with van der Waals surface area (Å²) in [5, 5.41) is 7.24. The number of hydrogen-bond donors (Lipinski definition) is 0. The molecule has 1 aromatic rings. The van der Waals surface area contributed by atoms with Crippen molar-refractivity contribution in [2.45, 2.75) is 0 Å². The lowest BCUT2D eigenvalue weighted by Crippen LogP contribution is -1.96. The highest BCUT2D eigenvalue weighted by Crippen LogP contribution is 1.86. The third kappa shape index (κ3) is 1.83. The van der Waals surface area contributed by atoms with Crippen molar-refractivity contribution in [2.24, 2.45) is 7.05 Å². The molecule has 0 unspecified atom stereocenters. The van der Waals surface area contributed by atoms with Crippen molar-refractivity contribution in [1.82, 2.24) is 14.8 Å². The summed E-state index contributed by atoms with van der Waals surface area (Å²) in [5.41, 5.74) is 0. The third-order valence-corrected chi connectivity index (χ3v) is 1.17. The highest BCUT2D eigenvalue weighted by Gasteiger charge is 1.95. The summed E-state index contributed by atoms with van der Waals surface area (Å²) in [5.74, 6) is 4.60. The van der Waals surface area contributed by atoms with Crippen LogP contribution >= 0.6 is 0 Å². The molecular formula is C7H7N3O2. The van der Waals surface area contributed by atoms with E-state index in [4.69, 9.17) is 0 Å². The molecule has 1 rings (SSSR count). The number of aromatic nitrogens is 3. The predicted molar refractivity (Wildman–Crippen MR) is 39.9 cm³/mol. The number of hydrogen-bond acceptors (Lipinski definition) is 4. The summed E-state index contributed by atoms with van der Waals surface area (Å²) in [6.07, 6.45) is 1.50. The van der Waals surface area contributed by atoms with E-state index >= 15 is 0 Å². The zero-order valence-electron chi connectivity index (χ0n) is 6.74. The number of nitrogens with zero attached hydrogens (tertiary/aromatic N) is 3. The summed E-state index contributed by atoms with van der Waals surface area (Å²) in [7, 11) is 3.01. The van der Waals surface area contributed by atoms with Crippen molar-refractivity contribution < 1.29 is 9.53 Å². The Morgan fingerprint density at radius 3 is 3.00 bits per heavy atom. The maximum absolute atomic E-state index is 10.6. The van der Waals surface area contributed by atoms with Gasteiger partial charge in [-0.3, -0.25) is 0 Å². The van der Waals surface area contributed by atoms with Crippen LogP contribution in [0.3, 0.4) is 0 Å². The summed E-state index contributed by atoms with van der Waals surface area (Å²) in [6.45, 7) is 0. The van der Waals surface area contributed by atoms with Crippen molar-refractivity contribution in [2.75, 3.05) is 7.11 Å². The number of aryl methyl sites for hydroxylation is 1. The molecule has 0 N–H and O–H groups in total. The van der Waals surface area contributed by atoms with Crippen LogP contribution in [0.4, 0.5) is 0 Å². The monoisotopic (exact) mass is 165 g/mol. The molecule has 5 heteroatoms. The van der Waals surface area contributed by atoms with Crippen molar-refractivity contribution in [3.63, 3.8) is 0 Å². The van der Waals surface area contributed by atoms with Crippen LogP contribution < -0.4 is 0 Å². The number of rotatable bonds is 0. The van der Waals surface area contributed by atoms with Crippen LogP contribution in [-0.4, -0.2) is 27.8 Å². The zero-order valence-corrected chi connectivity index (χ0v) is 6.74. The summed E-state index contributed by atoms with van der Waals surface area (Å²) < 4.78 is 5.93. The molecule has 0 aliphatic carbocycles.